The number of imidazole rings is 1. The van der Waals surface area contributed by atoms with Crippen LogP contribution in [-0.2, 0) is 24.0 Å². The molecule has 2 amide bonds. The zero-order chi connectivity index (χ0) is 27.5. The Bertz CT molecular complexity index is 1190. The van der Waals surface area contributed by atoms with E-state index in [1.54, 1.807) is 27.9 Å². The molecule has 0 radical (unpaired) electrons. The molecule has 37 heavy (non-hydrogen) atoms. The van der Waals surface area contributed by atoms with Crippen molar-refractivity contribution < 1.29 is 32.6 Å². The van der Waals surface area contributed by atoms with Gasteiger partial charge in [-0.05, 0) is 58.6 Å². The number of carbonyl (C=O) groups excluding carboxylic acids is 1. The van der Waals surface area contributed by atoms with Crippen molar-refractivity contribution in [3.8, 4) is 0 Å². The monoisotopic (exact) mass is 528 g/mol. The summed E-state index contributed by atoms with van der Waals surface area (Å²) < 4.78 is 50.6. The number of fused-ring (bicyclic) bond motifs is 1. The number of carboxylic acid groups (broad SMARTS) is 1. The molecule has 12 heteroatoms. The van der Waals surface area contributed by atoms with Crippen LogP contribution in [0.4, 0.5) is 18.0 Å². The molecule has 0 spiro atoms. The van der Waals surface area contributed by atoms with E-state index < -0.39 is 47.1 Å². The largest absolute Gasteiger partial charge is 0.465 e. The highest BCUT2D eigenvalue weighted by Gasteiger charge is 2.40. The van der Waals surface area contributed by atoms with E-state index in [2.05, 4.69) is 0 Å². The summed E-state index contributed by atoms with van der Waals surface area (Å²) in [5.41, 5.74) is -1.70. The topological polar surface area (TPSA) is 97.0 Å². The normalized spacial score (nSPS) is 16.5. The fraction of sp³-hybridized carbons (Fsp3) is 0.640. The van der Waals surface area contributed by atoms with E-state index in [0.29, 0.717) is 38.8 Å². The first-order valence-corrected chi connectivity index (χ1v) is 12.6. The Morgan fingerprint density at radius 3 is 2.43 bits per heavy atom. The van der Waals surface area contributed by atoms with Crippen LogP contribution >= 0.6 is 0 Å². The molecule has 2 aromatic rings. The molecule has 1 N–H and O–H groups in total. The number of aromatic nitrogens is 2. The van der Waals surface area contributed by atoms with Crippen molar-refractivity contribution in [1.82, 2.24) is 18.9 Å². The van der Waals surface area contributed by atoms with Crippen LogP contribution < -0.4 is 5.69 Å². The molecule has 0 saturated carbocycles. The molecule has 1 aliphatic rings. The summed E-state index contributed by atoms with van der Waals surface area (Å²) in [6, 6.07) is 1.03. The van der Waals surface area contributed by atoms with Crippen LogP contribution in [-0.4, -0.2) is 74.9 Å². The third-order valence-electron chi connectivity index (χ3n) is 6.84. The number of alkyl halides is 3. The maximum absolute atomic E-state index is 14.3. The number of methoxy groups -OCH3 is 1. The number of rotatable bonds is 9. The quantitative estimate of drug-likeness (QED) is 0.491. The second-order valence-electron chi connectivity index (χ2n) is 9.59. The van der Waals surface area contributed by atoms with E-state index in [-0.39, 0.29) is 30.7 Å². The lowest BCUT2D eigenvalue weighted by atomic mass is 9.98. The minimum absolute atomic E-state index is 0.0271. The van der Waals surface area contributed by atoms with Gasteiger partial charge in [0.15, 0.2) is 0 Å². The molecule has 0 bridgehead atoms. The third-order valence-corrected chi connectivity index (χ3v) is 6.84. The number of unbranched alkanes of at least 4 members (excludes halogenated alkanes) is 1. The van der Waals surface area contributed by atoms with E-state index in [9.17, 15) is 32.7 Å². The molecule has 1 saturated heterocycles. The molecule has 0 unspecified atom stereocenters. The average Bonchev–Trinajstić information content (AvgIpc) is 3.10. The van der Waals surface area contributed by atoms with Gasteiger partial charge >= 0.3 is 18.0 Å². The van der Waals surface area contributed by atoms with E-state index in [1.807, 2.05) is 0 Å². The third kappa shape index (κ3) is 5.94. The van der Waals surface area contributed by atoms with E-state index >= 15 is 0 Å². The lowest BCUT2D eigenvalue weighted by molar-refractivity contribution is -0.138. The van der Waals surface area contributed by atoms with Gasteiger partial charge in [0.2, 0.25) is 0 Å². The maximum Gasteiger partial charge on any atom is 0.417 e. The van der Waals surface area contributed by atoms with Crippen LogP contribution in [0, 0.1) is 0 Å². The minimum Gasteiger partial charge on any atom is -0.465 e. The van der Waals surface area contributed by atoms with Gasteiger partial charge in [0, 0.05) is 45.9 Å². The van der Waals surface area contributed by atoms with Gasteiger partial charge in [-0.2, -0.15) is 13.2 Å². The fourth-order valence-electron chi connectivity index (χ4n) is 5.13. The number of nitrogens with zero attached hydrogens (tertiary/aromatic N) is 4. The highest BCUT2D eigenvalue weighted by atomic mass is 19.4. The van der Waals surface area contributed by atoms with E-state index in [0.717, 1.165) is 6.07 Å². The highest BCUT2D eigenvalue weighted by molar-refractivity contribution is 6.00. The number of carbonyl (C=O) groups is 2. The van der Waals surface area contributed by atoms with Gasteiger partial charge in [-0.15, -0.1) is 0 Å². The predicted octanol–water partition coefficient (Wildman–Crippen LogP) is 4.26. The lowest BCUT2D eigenvalue weighted by Gasteiger charge is -2.40. The molecular weight excluding hydrogens is 493 g/mol. The summed E-state index contributed by atoms with van der Waals surface area (Å²) in [5.74, 6) is -0.830. The molecule has 1 fully saturated rings. The van der Waals surface area contributed by atoms with Crippen molar-refractivity contribution in [3.05, 3.63) is 33.7 Å². The molecule has 9 nitrogen and oxygen atoms in total. The van der Waals surface area contributed by atoms with Gasteiger partial charge in [-0.25, -0.2) is 9.59 Å². The molecule has 0 aliphatic carbocycles. The fourth-order valence-corrected chi connectivity index (χ4v) is 5.13. The van der Waals surface area contributed by atoms with Gasteiger partial charge in [0.1, 0.15) is 0 Å². The Morgan fingerprint density at radius 1 is 1.19 bits per heavy atom. The van der Waals surface area contributed by atoms with Crippen LogP contribution in [0.15, 0.2) is 16.9 Å². The molecule has 206 valence electrons. The Labute approximate surface area is 213 Å². The summed E-state index contributed by atoms with van der Waals surface area (Å²) in [6.07, 6.45) is -3.75. The number of halogens is 3. The number of aryl methyl sites for hydroxylation is 2. The van der Waals surface area contributed by atoms with Crippen molar-refractivity contribution in [3.63, 3.8) is 0 Å². The summed E-state index contributed by atoms with van der Waals surface area (Å²) in [5, 5.41) is 9.42. The smallest absolute Gasteiger partial charge is 0.417 e. The molecule has 1 aliphatic heterocycles. The van der Waals surface area contributed by atoms with Crippen molar-refractivity contribution in [2.24, 2.45) is 0 Å². The zero-order valence-electron chi connectivity index (χ0n) is 21.7. The number of hydrogen-bond donors (Lipinski definition) is 1. The highest BCUT2D eigenvalue weighted by Crippen LogP contribution is 2.36. The standard InChI is InChI=1S/C25H35F3N4O5/c1-5-30-21-14-19(25(26,27)28)18(13-20(21)31(23(30)34)11-6-7-12-37-4)22(33)32(16(2)3)17-9-8-10-29(15-17)24(35)36/h13-14,16-17H,5-12,15H2,1-4H3,(H,35,36)/t17-/m1/s1. The van der Waals surface area contributed by atoms with Crippen molar-refractivity contribution in [1.29, 1.82) is 0 Å². The van der Waals surface area contributed by atoms with Gasteiger partial charge in [-0.1, -0.05) is 0 Å². The Hall–Kier alpha value is -3.02. The van der Waals surface area contributed by atoms with Crippen LogP contribution in [0.3, 0.4) is 0 Å². The SMILES string of the molecule is CCn1c(=O)n(CCCCOC)c2cc(C(=O)N(C(C)C)[C@@H]3CCCN(C(=O)O)C3)c(C(F)(F)F)cc21. The Kier molecular flexibility index (Phi) is 8.93. The number of likely N-dealkylation sites (tertiary alicyclic amines) is 1. The summed E-state index contributed by atoms with van der Waals surface area (Å²) in [7, 11) is 1.56. The van der Waals surface area contributed by atoms with Gasteiger partial charge in [0.25, 0.3) is 5.91 Å². The summed E-state index contributed by atoms with van der Waals surface area (Å²) >= 11 is 0. The molecule has 3 rings (SSSR count). The molecule has 2 heterocycles. The first-order valence-electron chi connectivity index (χ1n) is 12.6. The lowest BCUT2D eigenvalue weighted by Crippen LogP contribution is -2.54. The van der Waals surface area contributed by atoms with Crippen molar-refractivity contribution in [2.45, 2.75) is 77.8 Å². The number of amides is 2. The minimum atomic E-state index is -4.84. The first kappa shape index (κ1) is 28.5. The van der Waals surface area contributed by atoms with Gasteiger partial charge in [-0.3, -0.25) is 13.9 Å². The maximum atomic E-state index is 14.3. The van der Waals surface area contributed by atoms with Crippen LogP contribution in [0.25, 0.3) is 11.0 Å². The van der Waals surface area contributed by atoms with Crippen molar-refractivity contribution in [2.75, 3.05) is 26.8 Å². The predicted molar refractivity (Wildman–Crippen MR) is 132 cm³/mol. The zero-order valence-corrected chi connectivity index (χ0v) is 21.7. The summed E-state index contributed by atoms with van der Waals surface area (Å²) in [6.45, 7) is 6.35. The van der Waals surface area contributed by atoms with E-state index in [4.69, 9.17) is 4.74 Å². The van der Waals surface area contributed by atoms with Crippen molar-refractivity contribution >= 4 is 23.0 Å². The van der Waals surface area contributed by atoms with Crippen LogP contribution in [0.5, 0.6) is 0 Å². The molecule has 1 aromatic heterocycles. The second kappa shape index (κ2) is 11.6. The van der Waals surface area contributed by atoms with E-state index in [1.165, 1.54) is 25.0 Å². The van der Waals surface area contributed by atoms with Crippen LogP contribution in [0.2, 0.25) is 0 Å². The Morgan fingerprint density at radius 2 is 1.86 bits per heavy atom. The first-order chi connectivity index (χ1) is 17.4. The number of ether oxygens (including phenoxy) is 1. The average molecular weight is 529 g/mol. The van der Waals surface area contributed by atoms with Gasteiger partial charge in [0.05, 0.1) is 28.2 Å². The molecule has 1 atom stereocenters. The summed E-state index contributed by atoms with van der Waals surface area (Å²) in [4.78, 5) is 40.9. The van der Waals surface area contributed by atoms with Crippen LogP contribution in [0.1, 0.15) is 62.4 Å². The number of hydrogen-bond acceptors (Lipinski definition) is 4. The van der Waals surface area contributed by atoms with Gasteiger partial charge < -0.3 is 19.6 Å². The molecule has 1 aromatic carbocycles. The number of piperidine rings is 1. The second-order valence-corrected chi connectivity index (χ2v) is 9.59. The number of benzene rings is 1. The molecular formula is C25H35F3N4O5. The Balaban J connectivity index is 2.15.